The minimum absolute atomic E-state index is 0.965. The Morgan fingerprint density at radius 3 is 2.56 bits per heavy atom. The number of para-hydroxylation sites is 1. The molecule has 0 amide bonds. The van der Waals surface area contributed by atoms with Crippen LogP contribution in [-0.2, 0) is 0 Å². The Kier molecular flexibility index (Phi) is 1.90. The van der Waals surface area contributed by atoms with Gasteiger partial charge in [-0.2, -0.15) is 0 Å². The molecule has 0 radical (unpaired) electrons. The lowest BCUT2D eigenvalue weighted by Gasteiger charge is -2.03. The molecule has 78 valence electrons. The number of hydrogen-bond donors (Lipinski definition) is 0. The summed E-state index contributed by atoms with van der Waals surface area (Å²) in [6.07, 6.45) is 0. The van der Waals surface area contributed by atoms with E-state index in [4.69, 9.17) is 0 Å². The zero-order valence-electron chi connectivity index (χ0n) is 9.36. The van der Waals surface area contributed by atoms with Crippen LogP contribution in [0.2, 0.25) is 0 Å². The topological polar surface area (TPSA) is 25.8 Å². The second-order valence-electron chi connectivity index (χ2n) is 4.16. The van der Waals surface area contributed by atoms with Crippen molar-refractivity contribution in [3.8, 4) is 0 Å². The van der Waals surface area contributed by atoms with Crippen LogP contribution in [0.5, 0.6) is 0 Å². The van der Waals surface area contributed by atoms with Crippen molar-refractivity contribution in [3.05, 3.63) is 47.5 Å². The van der Waals surface area contributed by atoms with Gasteiger partial charge in [-0.05, 0) is 43.2 Å². The van der Waals surface area contributed by atoms with Crippen molar-refractivity contribution in [1.82, 2.24) is 9.97 Å². The molecule has 0 spiro atoms. The molecule has 3 rings (SSSR count). The summed E-state index contributed by atoms with van der Waals surface area (Å²) in [5.74, 6) is 0. The summed E-state index contributed by atoms with van der Waals surface area (Å²) in [7, 11) is 0. The highest BCUT2D eigenvalue weighted by molar-refractivity contribution is 5.87. The highest BCUT2D eigenvalue weighted by Crippen LogP contribution is 2.19. The molecule has 0 N–H and O–H groups in total. The number of rotatable bonds is 0. The molecule has 0 aliphatic heterocycles. The van der Waals surface area contributed by atoms with E-state index in [-0.39, 0.29) is 0 Å². The fourth-order valence-electron chi connectivity index (χ4n) is 1.95. The number of nitrogens with zero attached hydrogens (tertiary/aromatic N) is 2. The van der Waals surface area contributed by atoms with Gasteiger partial charge in [0.15, 0.2) is 0 Å². The molecule has 1 aromatic heterocycles. The van der Waals surface area contributed by atoms with E-state index in [2.05, 4.69) is 42.0 Å². The van der Waals surface area contributed by atoms with Gasteiger partial charge in [-0.15, -0.1) is 0 Å². The summed E-state index contributed by atoms with van der Waals surface area (Å²) >= 11 is 0. The molecule has 0 unspecified atom stereocenters. The maximum Gasteiger partial charge on any atom is 0.0923 e. The molecule has 16 heavy (non-hydrogen) atoms. The second kappa shape index (κ2) is 3.27. The number of hydrogen-bond acceptors (Lipinski definition) is 2. The van der Waals surface area contributed by atoms with Crippen LogP contribution in [0, 0.1) is 13.8 Å². The average Bonchev–Trinajstić information content (AvgIpc) is 2.27. The molecule has 0 bridgehead atoms. The predicted molar refractivity (Wildman–Crippen MR) is 66.5 cm³/mol. The molecule has 2 heteroatoms. The lowest BCUT2D eigenvalue weighted by molar-refractivity contribution is 1.34. The largest absolute Gasteiger partial charge is 0.244 e. The zero-order valence-corrected chi connectivity index (χ0v) is 9.36. The molecule has 1 heterocycles. The van der Waals surface area contributed by atoms with Gasteiger partial charge >= 0.3 is 0 Å². The Bertz CT molecular complexity index is 686. The fraction of sp³-hybridized carbons (Fsp3) is 0.143. The van der Waals surface area contributed by atoms with Crippen molar-refractivity contribution < 1.29 is 0 Å². The summed E-state index contributed by atoms with van der Waals surface area (Å²) < 4.78 is 0. The monoisotopic (exact) mass is 208 g/mol. The maximum absolute atomic E-state index is 4.66. The third kappa shape index (κ3) is 1.34. The Morgan fingerprint density at radius 2 is 1.69 bits per heavy atom. The lowest BCUT2D eigenvalue weighted by atomic mass is 10.1. The van der Waals surface area contributed by atoms with Gasteiger partial charge in [0.1, 0.15) is 0 Å². The number of benzene rings is 2. The normalized spacial score (nSPS) is 11.1. The van der Waals surface area contributed by atoms with Crippen LogP contribution in [-0.4, -0.2) is 9.97 Å². The third-order valence-corrected chi connectivity index (χ3v) is 2.82. The first kappa shape index (κ1) is 9.28. The van der Waals surface area contributed by atoms with Gasteiger partial charge in [-0.1, -0.05) is 18.2 Å². The van der Waals surface area contributed by atoms with Crippen molar-refractivity contribution in [1.29, 1.82) is 0 Å². The minimum Gasteiger partial charge on any atom is -0.244 e. The lowest BCUT2D eigenvalue weighted by Crippen LogP contribution is -1.89. The first-order chi connectivity index (χ1) is 7.74. The minimum atomic E-state index is 0.965. The summed E-state index contributed by atoms with van der Waals surface area (Å²) in [5, 5.41) is 0. The molecule has 0 fully saturated rings. The standard InChI is InChI=1S/C14H12N2/c1-9-6-7-11-13(8-9)15-12-5-3-4-10(2)14(12)16-11/h3-8H,1-2H3. The quantitative estimate of drug-likeness (QED) is 0.529. The fourth-order valence-corrected chi connectivity index (χ4v) is 1.95. The van der Waals surface area contributed by atoms with Gasteiger partial charge < -0.3 is 0 Å². The Labute approximate surface area is 94.0 Å². The zero-order chi connectivity index (χ0) is 11.1. The molecule has 2 aromatic carbocycles. The molecule has 0 atom stereocenters. The third-order valence-electron chi connectivity index (χ3n) is 2.82. The van der Waals surface area contributed by atoms with E-state index in [1.807, 2.05) is 18.2 Å². The Balaban J connectivity index is 2.49. The van der Waals surface area contributed by atoms with Gasteiger partial charge in [0.25, 0.3) is 0 Å². The molecular weight excluding hydrogens is 196 g/mol. The average molecular weight is 208 g/mol. The molecular formula is C14H12N2. The molecule has 2 nitrogen and oxygen atoms in total. The first-order valence-corrected chi connectivity index (χ1v) is 5.38. The van der Waals surface area contributed by atoms with Crippen LogP contribution in [0.1, 0.15) is 11.1 Å². The van der Waals surface area contributed by atoms with Gasteiger partial charge in [0.2, 0.25) is 0 Å². The molecule has 0 aliphatic carbocycles. The summed E-state index contributed by atoms with van der Waals surface area (Å²) in [6.45, 7) is 4.14. The highest BCUT2D eigenvalue weighted by atomic mass is 14.8. The van der Waals surface area contributed by atoms with Crippen LogP contribution in [0.4, 0.5) is 0 Å². The van der Waals surface area contributed by atoms with E-state index >= 15 is 0 Å². The van der Waals surface area contributed by atoms with Gasteiger partial charge in [0.05, 0.1) is 22.1 Å². The van der Waals surface area contributed by atoms with E-state index in [0.29, 0.717) is 0 Å². The van der Waals surface area contributed by atoms with Crippen LogP contribution in [0.15, 0.2) is 36.4 Å². The Hall–Kier alpha value is -1.96. The van der Waals surface area contributed by atoms with Gasteiger partial charge in [-0.3, -0.25) is 0 Å². The summed E-state index contributed by atoms with van der Waals surface area (Å²) in [4.78, 5) is 9.29. The Morgan fingerprint density at radius 1 is 0.812 bits per heavy atom. The van der Waals surface area contributed by atoms with Crippen molar-refractivity contribution in [2.45, 2.75) is 13.8 Å². The van der Waals surface area contributed by atoms with Crippen LogP contribution >= 0.6 is 0 Å². The number of aromatic nitrogens is 2. The maximum atomic E-state index is 4.66. The molecule has 0 saturated heterocycles. The van der Waals surface area contributed by atoms with E-state index in [9.17, 15) is 0 Å². The van der Waals surface area contributed by atoms with Crippen molar-refractivity contribution in [3.63, 3.8) is 0 Å². The van der Waals surface area contributed by atoms with Crippen LogP contribution < -0.4 is 0 Å². The first-order valence-electron chi connectivity index (χ1n) is 5.38. The number of aryl methyl sites for hydroxylation is 2. The SMILES string of the molecule is Cc1ccc2nc3c(C)cccc3nc2c1. The van der Waals surface area contributed by atoms with E-state index in [1.54, 1.807) is 0 Å². The van der Waals surface area contributed by atoms with Crippen LogP contribution in [0.25, 0.3) is 22.1 Å². The van der Waals surface area contributed by atoms with E-state index in [1.165, 1.54) is 11.1 Å². The molecule has 3 aromatic rings. The molecule has 0 aliphatic rings. The van der Waals surface area contributed by atoms with Crippen molar-refractivity contribution >= 4 is 22.1 Å². The highest BCUT2D eigenvalue weighted by Gasteiger charge is 2.03. The van der Waals surface area contributed by atoms with Crippen molar-refractivity contribution in [2.75, 3.05) is 0 Å². The second-order valence-corrected chi connectivity index (χ2v) is 4.16. The molecule has 0 saturated carbocycles. The van der Waals surface area contributed by atoms with E-state index in [0.717, 1.165) is 22.1 Å². The number of fused-ring (bicyclic) bond motifs is 2. The van der Waals surface area contributed by atoms with Gasteiger partial charge in [0, 0.05) is 0 Å². The van der Waals surface area contributed by atoms with Crippen molar-refractivity contribution in [2.24, 2.45) is 0 Å². The van der Waals surface area contributed by atoms with Crippen LogP contribution in [0.3, 0.4) is 0 Å². The van der Waals surface area contributed by atoms with E-state index < -0.39 is 0 Å². The summed E-state index contributed by atoms with van der Waals surface area (Å²) in [6, 6.07) is 12.3. The van der Waals surface area contributed by atoms with Gasteiger partial charge in [-0.25, -0.2) is 9.97 Å². The summed E-state index contributed by atoms with van der Waals surface area (Å²) in [5.41, 5.74) is 6.30. The predicted octanol–water partition coefficient (Wildman–Crippen LogP) is 3.40. The smallest absolute Gasteiger partial charge is 0.0923 e.